The first-order valence-corrected chi connectivity index (χ1v) is 8.32. The van der Waals surface area contributed by atoms with Crippen LogP contribution in [-0.4, -0.2) is 40.5 Å². The highest BCUT2D eigenvalue weighted by atomic mass is 16.5. The summed E-state index contributed by atoms with van der Waals surface area (Å²) in [5, 5.41) is 0. The summed E-state index contributed by atoms with van der Waals surface area (Å²) >= 11 is 0. The molecule has 0 aromatic heterocycles. The number of hydrogen-bond acceptors (Lipinski definition) is 4. The van der Waals surface area contributed by atoms with Gasteiger partial charge in [-0.25, -0.2) is 0 Å². The maximum absolute atomic E-state index is 5.84. The highest BCUT2D eigenvalue weighted by Gasteiger charge is 2.32. The molecule has 0 aliphatic carbocycles. The molecule has 0 radical (unpaired) electrons. The number of para-hydroxylation sites is 3. The van der Waals surface area contributed by atoms with Crippen molar-refractivity contribution in [3.8, 4) is 11.5 Å². The first-order chi connectivity index (χ1) is 11.8. The molecule has 2 unspecified atom stereocenters. The quantitative estimate of drug-likeness (QED) is 0.837. The van der Waals surface area contributed by atoms with Crippen molar-refractivity contribution >= 4 is 5.69 Å². The Hall–Kier alpha value is -2.20. The summed E-state index contributed by atoms with van der Waals surface area (Å²) in [4.78, 5) is 2.35. The lowest BCUT2D eigenvalue weighted by Crippen LogP contribution is -2.44. The van der Waals surface area contributed by atoms with Crippen LogP contribution in [0.1, 0.15) is 17.9 Å². The van der Waals surface area contributed by atoms with Gasteiger partial charge in [-0.2, -0.15) is 0 Å². The first-order valence-electron chi connectivity index (χ1n) is 8.32. The molecule has 1 fully saturated rings. The van der Waals surface area contributed by atoms with Gasteiger partial charge in [0, 0.05) is 26.1 Å². The molecule has 4 nitrogen and oxygen atoms in total. The molecule has 2 aromatic rings. The second-order valence-electron chi connectivity index (χ2n) is 6.03. The Kier molecular flexibility index (Phi) is 5.26. The molecule has 4 heteroatoms. The number of anilines is 1. The maximum Gasteiger partial charge on any atom is 0.142 e. The Morgan fingerprint density at radius 2 is 1.54 bits per heavy atom. The molecule has 1 aliphatic rings. The molecule has 24 heavy (non-hydrogen) atoms. The molecule has 0 N–H and O–H groups in total. The van der Waals surface area contributed by atoms with Gasteiger partial charge in [0.2, 0.25) is 0 Å². The summed E-state index contributed by atoms with van der Waals surface area (Å²) in [6.07, 6.45) is 1.12. The Morgan fingerprint density at radius 1 is 0.875 bits per heavy atom. The van der Waals surface area contributed by atoms with E-state index < -0.39 is 0 Å². The molecule has 0 saturated carbocycles. The van der Waals surface area contributed by atoms with Crippen LogP contribution in [0.15, 0.2) is 48.5 Å². The molecule has 0 spiro atoms. The number of hydrogen-bond donors (Lipinski definition) is 0. The van der Waals surface area contributed by atoms with E-state index in [1.165, 1.54) is 5.56 Å². The van der Waals surface area contributed by atoms with Gasteiger partial charge in [0.1, 0.15) is 11.5 Å². The van der Waals surface area contributed by atoms with Crippen molar-refractivity contribution in [1.29, 1.82) is 0 Å². The molecule has 0 amide bonds. The third-order valence-corrected chi connectivity index (χ3v) is 4.83. The monoisotopic (exact) mass is 327 g/mol. The predicted octanol–water partition coefficient (Wildman–Crippen LogP) is 3.71. The van der Waals surface area contributed by atoms with Gasteiger partial charge in [-0.1, -0.05) is 30.3 Å². The van der Waals surface area contributed by atoms with Gasteiger partial charge in [0.25, 0.3) is 0 Å². The number of methoxy groups -OCH3 is 3. The van der Waals surface area contributed by atoms with Crippen LogP contribution in [0.3, 0.4) is 0 Å². The second kappa shape index (κ2) is 7.58. The summed E-state index contributed by atoms with van der Waals surface area (Å²) in [7, 11) is 5.23. The van der Waals surface area contributed by atoms with Crippen molar-refractivity contribution in [2.75, 3.05) is 39.3 Å². The average molecular weight is 327 g/mol. The van der Waals surface area contributed by atoms with Crippen LogP contribution >= 0.6 is 0 Å². The van der Waals surface area contributed by atoms with Crippen molar-refractivity contribution in [3.63, 3.8) is 0 Å². The first kappa shape index (κ1) is 16.7. The number of benzene rings is 2. The lowest BCUT2D eigenvalue weighted by atomic mass is 9.86. The predicted molar refractivity (Wildman–Crippen MR) is 96.4 cm³/mol. The number of ether oxygens (including phenoxy) is 3. The van der Waals surface area contributed by atoms with E-state index >= 15 is 0 Å². The number of piperidine rings is 1. The van der Waals surface area contributed by atoms with Crippen LogP contribution in [0.4, 0.5) is 5.69 Å². The van der Waals surface area contributed by atoms with Crippen LogP contribution in [0, 0.1) is 0 Å². The fraction of sp³-hybridized carbons (Fsp3) is 0.400. The summed E-state index contributed by atoms with van der Waals surface area (Å²) < 4.78 is 16.9. The minimum absolute atomic E-state index is 0.111. The zero-order chi connectivity index (χ0) is 16.9. The SMILES string of the molecule is COc1ccccc1C1CCN(c2ccccc2OC)CC1OC. The van der Waals surface area contributed by atoms with Gasteiger partial charge in [0.15, 0.2) is 0 Å². The summed E-state index contributed by atoms with van der Waals surface area (Å²) in [6, 6.07) is 16.4. The van der Waals surface area contributed by atoms with E-state index in [1.54, 1.807) is 21.3 Å². The number of nitrogens with zero attached hydrogens (tertiary/aromatic N) is 1. The smallest absolute Gasteiger partial charge is 0.142 e. The molecular formula is C20H25NO3. The molecule has 1 aliphatic heterocycles. The highest BCUT2D eigenvalue weighted by Crippen LogP contribution is 2.38. The van der Waals surface area contributed by atoms with Crippen LogP contribution in [0.25, 0.3) is 0 Å². The van der Waals surface area contributed by atoms with Crippen molar-refractivity contribution in [2.24, 2.45) is 0 Å². The summed E-state index contributed by atoms with van der Waals surface area (Å²) in [5.74, 6) is 2.18. The Morgan fingerprint density at radius 3 is 2.25 bits per heavy atom. The van der Waals surface area contributed by atoms with Gasteiger partial charge in [-0.3, -0.25) is 0 Å². The lowest BCUT2D eigenvalue weighted by molar-refractivity contribution is 0.0700. The second-order valence-corrected chi connectivity index (χ2v) is 6.03. The van der Waals surface area contributed by atoms with E-state index in [1.807, 2.05) is 30.3 Å². The van der Waals surface area contributed by atoms with Gasteiger partial charge < -0.3 is 19.1 Å². The topological polar surface area (TPSA) is 30.9 Å². The van der Waals surface area contributed by atoms with Crippen LogP contribution < -0.4 is 14.4 Å². The van der Waals surface area contributed by atoms with E-state index in [4.69, 9.17) is 14.2 Å². The van der Waals surface area contributed by atoms with Gasteiger partial charge in [-0.05, 0) is 30.2 Å². The van der Waals surface area contributed by atoms with E-state index in [-0.39, 0.29) is 6.10 Å². The van der Waals surface area contributed by atoms with E-state index in [9.17, 15) is 0 Å². The van der Waals surface area contributed by atoms with Crippen LogP contribution in [-0.2, 0) is 4.74 Å². The summed E-state index contributed by atoms with van der Waals surface area (Å²) in [6.45, 7) is 1.79. The Labute approximate surface area is 144 Å². The molecule has 2 atom stereocenters. The fourth-order valence-corrected chi connectivity index (χ4v) is 3.59. The fourth-order valence-electron chi connectivity index (χ4n) is 3.59. The minimum Gasteiger partial charge on any atom is -0.496 e. The molecule has 0 bridgehead atoms. The third kappa shape index (κ3) is 3.20. The molecule has 2 aromatic carbocycles. The largest absolute Gasteiger partial charge is 0.496 e. The lowest BCUT2D eigenvalue weighted by Gasteiger charge is -2.40. The van der Waals surface area contributed by atoms with Crippen molar-refractivity contribution in [3.05, 3.63) is 54.1 Å². The van der Waals surface area contributed by atoms with Gasteiger partial charge in [0.05, 0.1) is 26.0 Å². The molecular weight excluding hydrogens is 302 g/mol. The zero-order valence-electron chi connectivity index (χ0n) is 14.6. The van der Waals surface area contributed by atoms with Crippen molar-refractivity contribution < 1.29 is 14.2 Å². The molecule has 128 valence electrons. The summed E-state index contributed by atoms with van der Waals surface area (Å²) in [5.41, 5.74) is 2.35. The zero-order valence-corrected chi connectivity index (χ0v) is 14.6. The molecule has 3 rings (SSSR count). The Bertz CT molecular complexity index is 673. The van der Waals surface area contributed by atoms with Crippen molar-refractivity contribution in [2.45, 2.75) is 18.4 Å². The van der Waals surface area contributed by atoms with Crippen LogP contribution in [0.5, 0.6) is 11.5 Å². The normalized spacial score (nSPS) is 20.7. The van der Waals surface area contributed by atoms with Crippen molar-refractivity contribution in [1.82, 2.24) is 0 Å². The number of rotatable bonds is 5. The highest BCUT2D eigenvalue weighted by molar-refractivity contribution is 5.59. The van der Waals surface area contributed by atoms with E-state index in [2.05, 4.69) is 23.1 Å². The maximum atomic E-state index is 5.84. The van der Waals surface area contributed by atoms with Gasteiger partial charge >= 0.3 is 0 Å². The Balaban J connectivity index is 1.84. The van der Waals surface area contributed by atoms with E-state index in [0.717, 1.165) is 36.7 Å². The van der Waals surface area contributed by atoms with E-state index in [0.29, 0.717) is 5.92 Å². The van der Waals surface area contributed by atoms with Gasteiger partial charge in [-0.15, -0.1) is 0 Å². The standard InChI is InChI=1S/C20H25NO3/c1-22-18-10-6-4-8-15(18)16-12-13-21(14-20(16)24-3)17-9-5-7-11-19(17)23-2/h4-11,16,20H,12-14H2,1-3H3. The minimum atomic E-state index is 0.111. The van der Waals surface area contributed by atoms with Crippen LogP contribution in [0.2, 0.25) is 0 Å². The third-order valence-electron chi connectivity index (χ3n) is 4.83. The molecule has 1 saturated heterocycles. The average Bonchev–Trinajstić information content (AvgIpc) is 2.67. The molecule has 1 heterocycles.